The van der Waals surface area contributed by atoms with Gasteiger partial charge in [-0.15, -0.1) is 0 Å². The normalized spacial score (nSPS) is 10.1. The smallest absolute Gasteiger partial charge is 0.303 e. The minimum absolute atomic E-state index is 0.0247. The van der Waals surface area contributed by atoms with Gasteiger partial charge in [0.2, 0.25) is 5.91 Å². The molecule has 4 N–H and O–H groups in total. The number of amides is 1. The first kappa shape index (κ1) is 15.2. The number of aliphatic carboxylic acids is 1. The number of unbranched alkanes of at least 4 members (excludes halogenated alkanes) is 2. The van der Waals surface area contributed by atoms with Crippen molar-refractivity contribution in [1.82, 2.24) is 5.32 Å². The van der Waals surface area contributed by atoms with Crippen LogP contribution in [0.4, 0.5) is 0 Å². The van der Waals surface area contributed by atoms with Crippen LogP contribution in [0, 0.1) is 0 Å². The van der Waals surface area contributed by atoms with E-state index in [2.05, 4.69) is 5.32 Å². The van der Waals surface area contributed by atoms with Gasteiger partial charge in [0.1, 0.15) is 0 Å². The maximum Gasteiger partial charge on any atom is 0.303 e. The number of carboxylic acid groups (broad SMARTS) is 1. The van der Waals surface area contributed by atoms with Crippen LogP contribution in [-0.2, 0) is 9.59 Å². The Kier molecular flexibility index (Phi) is 10.3. The molecule has 0 saturated carbocycles. The second-order valence-electron chi connectivity index (χ2n) is 3.40. The lowest BCUT2D eigenvalue weighted by molar-refractivity contribution is -0.137. The quantitative estimate of drug-likeness (QED) is 0.488. The molecule has 0 spiro atoms. The third kappa shape index (κ3) is 11.3. The summed E-state index contributed by atoms with van der Waals surface area (Å²) >= 11 is 1.52. The Bertz CT molecular complexity index is 212. The number of hydrogen-bond acceptors (Lipinski definition) is 4. The molecule has 6 heteroatoms. The van der Waals surface area contributed by atoms with E-state index in [0.29, 0.717) is 25.3 Å². The number of carbonyl (C=O) groups excluding carboxylic acids is 1. The van der Waals surface area contributed by atoms with Crippen molar-refractivity contribution in [1.29, 1.82) is 0 Å². The molecule has 0 aromatic carbocycles. The molecule has 0 aromatic rings. The van der Waals surface area contributed by atoms with Gasteiger partial charge in [-0.1, -0.05) is 6.42 Å². The molecule has 0 aromatic heterocycles. The van der Waals surface area contributed by atoms with Gasteiger partial charge >= 0.3 is 5.97 Å². The average molecular weight is 248 g/mol. The number of hydrogen-bond donors (Lipinski definition) is 3. The van der Waals surface area contributed by atoms with Crippen LogP contribution in [0.5, 0.6) is 0 Å². The summed E-state index contributed by atoms with van der Waals surface area (Å²) in [6, 6.07) is 0. The van der Waals surface area contributed by atoms with Gasteiger partial charge in [-0.05, 0) is 12.8 Å². The summed E-state index contributed by atoms with van der Waals surface area (Å²) in [5.41, 5.74) is 5.29. The van der Waals surface area contributed by atoms with Gasteiger partial charge in [0.15, 0.2) is 0 Å². The van der Waals surface area contributed by atoms with Gasteiger partial charge in [0.25, 0.3) is 0 Å². The molecule has 16 heavy (non-hydrogen) atoms. The van der Waals surface area contributed by atoms with Crippen LogP contribution in [0.2, 0.25) is 0 Å². The third-order valence-corrected chi connectivity index (χ3v) is 2.88. The number of thioether (sulfide) groups is 1. The monoisotopic (exact) mass is 248 g/mol. The maximum atomic E-state index is 11.2. The van der Waals surface area contributed by atoms with Crippen molar-refractivity contribution < 1.29 is 14.7 Å². The van der Waals surface area contributed by atoms with E-state index in [4.69, 9.17) is 10.8 Å². The van der Waals surface area contributed by atoms with Crippen LogP contribution in [0.3, 0.4) is 0 Å². The van der Waals surface area contributed by atoms with Crippen LogP contribution in [0.25, 0.3) is 0 Å². The lowest BCUT2D eigenvalue weighted by atomic mass is 10.2. The van der Waals surface area contributed by atoms with Crippen LogP contribution in [0.15, 0.2) is 0 Å². The first-order chi connectivity index (χ1) is 7.66. The fourth-order valence-electron chi connectivity index (χ4n) is 1.11. The Morgan fingerprint density at radius 3 is 2.62 bits per heavy atom. The number of nitrogens with two attached hydrogens (primary N) is 1. The molecule has 0 saturated heterocycles. The number of rotatable bonds is 10. The number of carbonyl (C=O) groups is 2. The van der Waals surface area contributed by atoms with E-state index in [0.717, 1.165) is 18.6 Å². The fourth-order valence-corrected chi connectivity index (χ4v) is 1.70. The summed E-state index contributed by atoms with van der Waals surface area (Å²) in [6.45, 7) is 1.22. The second kappa shape index (κ2) is 10.8. The summed E-state index contributed by atoms with van der Waals surface area (Å²) in [4.78, 5) is 21.4. The van der Waals surface area contributed by atoms with Gasteiger partial charge in [0.05, 0.1) is 5.75 Å². The summed E-state index contributed by atoms with van der Waals surface area (Å²) < 4.78 is 0. The zero-order valence-corrected chi connectivity index (χ0v) is 10.2. The summed E-state index contributed by atoms with van der Waals surface area (Å²) in [5.74, 6) is 0.511. The van der Waals surface area contributed by atoms with E-state index in [1.807, 2.05) is 0 Å². The van der Waals surface area contributed by atoms with Crippen LogP contribution >= 0.6 is 11.8 Å². The topological polar surface area (TPSA) is 92.4 Å². The predicted octanol–water partition coefficient (Wildman–Crippen LogP) is 0.439. The molecule has 0 atom stereocenters. The van der Waals surface area contributed by atoms with E-state index < -0.39 is 5.97 Å². The van der Waals surface area contributed by atoms with E-state index in [9.17, 15) is 9.59 Å². The highest BCUT2D eigenvalue weighted by Gasteiger charge is 2.00. The first-order valence-corrected chi connectivity index (χ1v) is 6.58. The molecule has 0 unspecified atom stereocenters. The molecule has 0 heterocycles. The number of carboxylic acids is 1. The highest BCUT2D eigenvalue weighted by Crippen LogP contribution is 1.99. The fraction of sp³-hybridized carbons (Fsp3) is 0.800. The zero-order chi connectivity index (χ0) is 12.2. The van der Waals surface area contributed by atoms with Gasteiger partial charge < -0.3 is 16.2 Å². The van der Waals surface area contributed by atoms with Gasteiger partial charge in [0, 0.05) is 25.3 Å². The van der Waals surface area contributed by atoms with Gasteiger partial charge in [-0.25, -0.2) is 0 Å². The van der Waals surface area contributed by atoms with Crippen molar-refractivity contribution in [2.24, 2.45) is 5.73 Å². The molecular weight excluding hydrogens is 228 g/mol. The third-order valence-electron chi connectivity index (χ3n) is 1.88. The second-order valence-corrected chi connectivity index (χ2v) is 4.50. The van der Waals surface area contributed by atoms with Crippen molar-refractivity contribution >= 4 is 23.6 Å². The standard InChI is InChI=1S/C10H20N2O3S/c11-5-7-16-8-9(13)12-6-3-1-2-4-10(14)15/h1-8,11H2,(H,12,13)(H,14,15). The largest absolute Gasteiger partial charge is 0.481 e. The highest BCUT2D eigenvalue weighted by atomic mass is 32.2. The van der Waals surface area contributed by atoms with E-state index in [1.165, 1.54) is 11.8 Å². The van der Waals surface area contributed by atoms with Crippen LogP contribution < -0.4 is 11.1 Å². The Morgan fingerprint density at radius 2 is 2.00 bits per heavy atom. The highest BCUT2D eigenvalue weighted by molar-refractivity contribution is 7.99. The Morgan fingerprint density at radius 1 is 1.25 bits per heavy atom. The molecule has 0 rings (SSSR count). The molecule has 0 bridgehead atoms. The SMILES string of the molecule is NCCSCC(=O)NCCCCCC(=O)O. The lowest BCUT2D eigenvalue weighted by Crippen LogP contribution is -2.26. The molecule has 0 aliphatic carbocycles. The predicted molar refractivity (Wildman–Crippen MR) is 65.5 cm³/mol. The average Bonchev–Trinajstić information content (AvgIpc) is 2.23. The summed E-state index contributed by atoms with van der Waals surface area (Å²) in [7, 11) is 0. The minimum Gasteiger partial charge on any atom is -0.481 e. The lowest BCUT2D eigenvalue weighted by Gasteiger charge is -2.04. The van der Waals surface area contributed by atoms with Crippen molar-refractivity contribution in [3.8, 4) is 0 Å². The zero-order valence-electron chi connectivity index (χ0n) is 9.41. The Balaban J connectivity index is 3.18. The van der Waals surface area contributed by atoms with Crippen molar-refractivity contribution in [2.75, 3.05) is 24.6 Å². The Labute approximate surface area is 100 Å². The van der Waals surface area contributed by atoms with Crippen LogP contribution in [-0.4, -0.2) is 41.6 Å². The molecule has 94 valence electrons. The molecule has 0 aliphatic rings. The van der Waals surface area contributed by atoms with Crippen molar-refractivity contribution in [3.63, 3.8) is 0 Å². The van der Waals surface area contributed by atoms with Gasteiger partial charge in [-0.2, -0.15) is 11.8 Å². The first-order valence-electron chi connectivity index (χ1n) is 5.43. The molecule has 0 aliphatic heterocycles. The molecule has 1 amide bonds. The van der Waals surface area contributed by atoms with E-state index in [-0.39, 0.29) is 12.3 Å². The van der Waals surface area contributed by atoms with Crippen LogP contribution in [0.1, 0.15) is 25.7 Å². The van der Waals surface area contributed by atoms with E-state index >= 15 is 0 Å². The molecule has 0 radical (unpaired) electrons. The minimum atomic E-state index is -0.762. The van der Waals surface area contributed by atoms with E-state index in [1.54, 1.807) is 0 Å². The molecule has 5 nitrogen and oxygen atoms in total. The number of nitrogens with one attached hydrogen (secondary N) is 1. The maximum absolute atomic E-state index is 11.2. The Hall–Kier alpha value is -0.750. The van der Waals surface area contributed by atoms with Gasteiger partial charge in [-0.3, -0.25) is 9.59 Å². The summed E-state index contributed by atoms with van der Waals surface area (Å²) in [5, 5.41) is 11.2. The van der Waals surface area contributed by atoms with Crippen molar-refractivity contribution in [3.05, 3.63) is 0 Å². The summed E-state index contributed by atoms with van der Waals surface area (Å²) in [6.07, 6.45) is 2.55. The molecular formula is C10H20N2O3S. The molecule has 0 fully saturated rings. The van der Waals surface area contributed by atoms with Crippen molar-refractivity contribution in [2.45, 2.75) is 25.7 Å².